The van der Waals surface area contributed by atoms with Crippen LogP contribution < -0.4 is 5.01 Å². The summed E-state index contributed by atoms with van der Waals surface area (Å²) in [6.45, 7) is 6.11. The number of benzene rings is 1. The van der Waals surface area contributed by atoms with E-state index in [4.69, 9.17) is 4.74 Å². The third-order valence-electron chi connectivity index (χ3n) is 4.35. The van der Waals surface area contributed by atoms with E-state index in [1.807, 2.05) is 13.0 Å². The molecule has 0 aliphatic carbocycles. The summed E-state index contributed by atoms with van der Waals surface area (Å²) in [5.74, 6) is -0.545. The summed E-state index contributed by atoms with van der Waals surface area (Å²) in [7, 11) is -3.93. The van der Waals surface area contributed by atoms with E-state index in [1.165, 1.54) is 4.90 Å². The molecule has 0 saturated carbocycles. The summed E-state index contributed by atoms with van der Waals surface area (Å²) in [4.78, 5) is 14.4. The van der Waals surface area contributed by atoms with Crippen LogP contribution in [0.2, 0.25) is 0 Å². The number of carbonyl (C=O) groups excluding carboxylic acids is 1. The van der Waals surface area contributed by atoms with Gasteiger partial charge >= 0.3 is 0 Å². The second kappa shape index (κ2) is 7.13. The molecule has 25 heavy (non-hydrogen) atoms. The molecule has 0 spiro atoms. The highest BCUT2D eigenvalue weighted by molar-refractivity contribution is 8.08. The van der Waals surface area contributed by atoms with Crippen molar-refractivity contribution in [3.8, 4) is 0 Å². The predicted octanol–water partition coefficient (Wildman–Crippen LogP) is 1.56. The molecule has 1 aromatic carbocycles. The third kappa shape index (κ3) is 3.41. The maximum Gasteiger partial charge on any atom is 0.286 e. The first kappa shape index (κ1) is 17.9. The minimum absolute atomic E-state index is 0.154. The first-order valence-electron chi connectivity index (χ1n) is 8.54. The monoisotopic (exact) mass is 365 g/mol. The second-order valence-corrected chi connectivity index (χ2v) is 8.09. The number of amides is 1. The number of hydrogen-bond donors (Lipinski definition) is 0. The Labute approximate surface area is 148 Å². The van der Waals surface area contributed by atoms with E-state index in [2.05, 4.69) is 12.0 Å². The number of rotatable bonds is 4. The summed E-state index contributed by atoms with van der Waals surface area (Å²) < 4.78 is 31.2. The quantitative estimate of drug-likeness (QED) is 0.809. The van der Waals surface area contributed by atoms with Gasteiger partial charge in [-0.2, -0.15) is 5.10 Å². The van der Waals surface area contributed by atoms with Gasteiger partial charge in [-0.05, 0) is 31.0 Å². The van der Waals surface area contributed by atoms with Crippen LogP contribution in [0.15, 0.2) is 28.2 Å². The van der Waals surface area contributed by atoms with E-state index < -0.39 is 15.7 Å². The zero-order chi connectivity index (χ0) is 18.0. The van der Waals surface area contributed by atoms with Gasteiger partial charge in [0, 0.05) is 19.6 Å². The van der Waals surface area contributed by atoms with E-state index in [1.54, 1.807) is 17.1 Å². The molecule has 8 heteroatoms. The van der Waals surface area contributed by atoms with Crippen molar-refractivity contribution in [1.82, 2.24) is 4.90 Å². The van der Waals surface area contributed by atoms with Crippen molar-refractivity contribution in [3.05, 3.63) is 23.8 Å². The largest absolute Gasteiger partial charge is 0.378 e. The van der Waals surface area contributed by atoms with Crippen LogP contribution in [0.5, 0.6) is 0 Å². The SMILES string of the molecule is CCCCN1N=C(C(=O)N2CCOCC2)S(=O)(=O)c2ccc(C)cc21. The fraction of sp³-hybridized carbons (Fsp3) is 0.529. The molecule has 0 atom stereocenters. The molecule has 2 heterocycles. The maximum atomic E-state index is 13.0. The highest BCUT2D eigenvalue weighted by atomic mass is 32.2. The average molecular weight is 365 g/mol. The fourth-order valence-corrected chi connectivity index (χ4v) is 4.38. The average Bonchev–Trinajstić information content (AvgIpc) is 2.61. The third-order valence-corrected chi connectivity index (χ3v) is 6.04. The Bertz CT molecular complexity index is 798. The number of carbonyl (C=O) groups is 1. The van der Waals surface area contributed by atoms with Gasteiger partial charge in [0.1, 0.15) is 0 Å². The number of sulfone groups is 1. The van der Waals surface area contributed by atoms with Crippen LogP contribution in [0, 0.1) is 6.92 Å². The summed E-state index contributed by atoms with van der Waals surface area (Å²) >= 11 is 0. The van der Waals surface area contributed by atoms with E-state index in [9.17, 15) is 13.2 Å². The Morgan fingerprint density at radius 2 is 2.00 bits per heavy atom. The number of ether oxygens (including phenoxy) is 1. The Morgan fingerprint density at radius 3 is 2.68 bits per heavy atom. The van der Waals surface area contributed by atoms with Gasteiger partial charge in [-0.15, -0.1) is 0 Å². The first-order chi connectivity index (χ1) is 11.9. The lowest BCUT2D eigenvalue weighted by Crippen LogP contribution is -2.47. The molecule has 0 radical (unpaired) electrons. The molecule has 0 N–H and O–H groups in total. The minimum atomic E-state index is -3.93. The number of hydrogen-bond acceptors (Lipinski definition) is 6. The predicted molar refractivity (Wildman–Crippen MR) is 95.5 cm³/mol. The Morgan fingerprint density at radius 1 is 1.28 bits per heavy atom. The van der Waals surface area contributed by atoms with Gasteiger partial charge in [0.15, 0.2) is 0 Å². The molecule has 0 aromatic heterocycles. The van der Waals surface area contributed by atoms with Crippen LogP contribution >= 0.6 is 0 Å². The molecule has 3 rings (SSSR count). The molecule has 1 amide bonds. The number of anilines is 1. The summed E-state index contributed by atoms with van der Waals surface area (Å²) in [5, 5.41) is 5.53. The van der Waals surface area contributed by atoms with Crippen molar-refractivity contribution in [2.75, 3.05) is 37.9 Å². The van der Waals surface area contributed by atoms with Gasteiger partial charge in [-0.3, -0.25) is 9.80 Å². The molecule has 136 valence electrons. The maximum absolute atomic E-state index is 13.0. The molecule has 0 unspecified atom stereocenters. The van der Waals surface area contributed by atoms with Crippen LogP contribution in [-0.2, 0) is 19.4 Å². The lowest BCUT2D eigenvalue weighted by Gasteiger charge is -2.31. The van der Waals surface area contributed by atoms with Gasteiger partial charge in [-0.25, -0.2) is 8.42 Å². The van der Waals surface area contributed by atoms with Gasteiger partial charge in [0.2, 0.25) is 14.9 Å². The molecule has 0 bridgehead atoms. The van der Waals surface area contributed by atoms with E-state index >= 15 is 0 Å². The fourth-order valence-electron chi connectivity index (χ4n) is 2.92. The molecule has 2 aliphatic rings. The molecular formula is C17H23N3O4S. The molecule has 1 saturated heterocycles. The van der Waals surface area contributed by atoms with Crippen molar-refractivity contribution in [2.45, 2.75) is 31.6 Å². The normalized spacial score (nSPS) is 19.4. The highest BCUT2D eigenvalue weighted by Crippen LogP contribution is 2.33. The van der Waals surface area contributed by atoms with Crippen molar-refractivity contribution in [2.24, 2.45) is 5.10 Å². The number of unbranched alkanes of at least 4 members (excludes halogenated alkanes) is 1. The Hall–Kier alpha value is -1.93. The van der Waals surface area contributed by atoms with Gasteiger partial charge in [0.05, 0.1) is 23.8 Å². The van der Waals surface area contributed by atoms with Crippen molar-refractivity contribution < 1.29 is 17.9 Å². The van der Waals surface area contributed by atoms with Crippen LogP contribution in [0.25, 0.3) is 0 Å². The molecule has 7 nitrogen and oxygen atoms in total. The van der Waals surface area contributed by atoms with Gasteiger partial charge in [-0.1, -0.05) is 19.4 Å². The van der Waals surface area contributed by atoms with E-state index in [0.29, 0.717) is 38.5 Å². The molecule has 1 aromatic rings. The summed E-state index contributed by atoms with van der Waals surface area (Å²) in [5.41, 5.74) is 1.50. The number of morpholine rings is 1. The summed E-state index contributed by atoms with van der Waals surface area (Å²) in [6.07, 6.45) is 1.81. The molecule has 2 aliphatic heterocycles. The number of fused-ring (bicyclic) bond motifs is 1. The number of nitrogens with zero attached hydrogens (tertiary/aromatic N) is 3. The Kier molecular flexibility index (Phi) is 5.10. The highest BCUT2D eigenvalue weighted by Gasteiger charge is 2.39. The standard InChI is InChI=1S/C17H23N3O4S/c1-3-4-7-20-14-12-13(2)5-6-15(14)25(22,23)16(18-20)17(21)19-8-10-24-11-9-19/h5-6,12H,3-4,7-11H2,1-2H3. The molecular weight excluding hydrogens is 342 g/mol. The van der Waals surface area contributed by atoms with Crippen LogP contribution in [0.4, 0.5) is 5.69 Å². The van der Waals surface area contributed by atoms with Crippen molar-refractivity contribution >= 4 is 26.5 Å². The second-order valence-electron chi connectivity index (χ2n) is 6.26. The minimum Gasteiger partial charge on any atom is -0.378 e. The zero-order valence-electron chi connectivity index (χ0n) is 14.6. The Balaban J connectivity index is 2.03. The summed E-state index contributed by atoms with van der Waals surface area (Å²) in [6, 6.07) is 5.12. The molecule has 1 fully saturated rings. The van der Waals surface area contributed by atoms with E-state index in [-0.39, 0.29) is 9.94 Å². The topological polar surface area (TPSA) is 79.3 Å². The van der Waals surface area contributed by atoms with E-state index in [0.717, 1.165) is 18.4 Å². The van der Waals surface area contributed by atoms with Crippen LogP contribution in [0.1, 0.15) is 25.3 Å². The van der Waals surface area contributed by atoms with Gasteiger partial charge < -0.3 is 9.64 Å². The van der Waals surface area contributed by atoms with Gasteiger partial charge in [0.25, 0.3) is 5.91 Å². The van der Waals surface area contributed by atoms with Crippen molar-refractivity contribution in [3.63, 3.8) is 0 Å². The zero-order valence-corrected chi connectivity index (χ0v) is 15.4. The lowest BCUT2D eigenvalue weighted by molar-refractivity contribution is -0.127. The van der Waals surface area contributed by atoms with Crippen LogP contribution in [-0.4, -0.2) is 57.1 Å². The van der Waals surface area contributed by atoms with Crippen LogP contribution in [0.3, 0.4) is 0 Å². The number of hydrazone groups is 1. The number of aryl methyl sites for hydroxylation is 1. The smallest absolute Gasteiger partial charge is 0.286 e. The van der Waals surface area contributed by atoms with Crippen molar-refractivity contribution in [1.29, 1.82) is 0 Å². The first-order valence-corrected chi connectivity index (χ1v) is 10.0. The lowest BCUT2D eigenvalue weighted by atomic mass is 10.2.